The molecule has 0 aliphatic carbocycles. The molecular formula is C7H14N4O2S. The first-order valence-electron chi connectivity index (χ1n) is 4.09. The highest BCUT2D eigenvalue weighted by atomic mass is 32.2. The molecule has 0 saturated carbocycles. The Kier molecular flexibility index (Phi) is 3.12. The van der Waals surface area contributed by atoms with E-state index in [4.69, 9.17) is 5.73 Å². The predicted octanol–water partition coefficient (Wildman–Crippen LogP) is -0.643. The van der Waals surface area contributed by atoms with E-state index in [1.165, 1.54) is 24.7 Å². The third kappa shape index (κ3) is 2.71. The van der Waals surface area contributed by atoms with Gasteiger partial charge in [-0.3, -0.25) is 0 Å². The van der Waals surface area contributed by atoms with E-state index in [0.29, 0.717) is 12.4 Å². The number of anilines is 1. The maximum Gasteiger partial charge on any atom is 0.215 e. The van der Waals surface area contributed by atoms with Gasteiger partial charge in [-0.1, -0.05) is 0 Å². The Balaban J connectivity index is 2.57. The molecule has 0 saturated heterocycles. The van der Waals surface area contributed by atoms with Gasteiger partial charge in [0.15, 0.2) is 0 Å². The fourth-order valence-corrected chi connectivity index (χ4v) is 1.71. The second-order valence-electron chi connectivity index (χ2n) is 3.13. The molecular weight excluding hydrogens is 204 g/mol. The van der Waals surface area contributed by atoms with Crippen LogP contribution in [0.3, 0.4) is 0 Å². The van der Waals surface area contributed by atoms with Gasteiger partial charge in [0, 0.05) is 26.8 Å². The molecule has 0 unspecified atom stereocenters. The van der Waals surface area contributed by atoms with Crippen molar-refractivity contribution in [2.75, 3.05) is 25.6 Å². The van der Waals surface area contributed by atoms with E-state index in [-0.39, 0.29) is 5.75 Å². The van der Waals surface area contributed by atoms with E-state index in [0.717, 1.165) is 0 Å². The third-order valence-electron chi connectivity index (χ3n) is 1.82. The predicted molar refractivity (Wildman–Crippen MR) is 54.1 cm³/mol. The summed E-state index contributed by atoms with van der Waals surface area (Å²) in [5, 5.41) is 0. The minimum absolute atomic E-state index is 0.0514. The average Bonchev–Trinajstić information content (AvgIpc) is 2.48. The van der Waals surface area contributed by atoms with Crippen molar-refractivity contribution in [3.05, 3.63) is 12.5 Å². The van der Waals surface area contributed by atoms with Gasteiger partial charge in [0.05, 0.1) is 12.1 Å². The standard InChI is InChI=1S/C7H14N4O2S/c1-10(2)14(12,13)4-3-11-5-7(8)9-6-11/h5-6H,3-4,8H2,1-2H3. The van der Waals surface area contributed by atoms with Gasteiger partial charge in [0.1, 0.15) is 5.82 Å². The molecule has 0 bridgehead atoms. The summed E-state index contributed by atoms with van der Waals surface area (Å²) in [7, 11) is -0.120. The molecule has 1 aromatic rings. The van der Waals surface area contributed by atoms with E-state index in [1.807, 2.05) is 0 Å². The van der Waals surface area contributed by atoms with E-state index in [9.17, 15) is 8.42 Å². The van der Waals surface area contributed by atoms with Crippen LogP contribution in [0.4, 0.5) is 5.82 Å². The summed E-state index contributed by atoms with van der Waals surface area (Å²) >= 11 is 0. The summed E-state index contributed by atoms with van der Waals surface area (Å²) in [6.07, 6.45) is 3.12. The van der Waals surface area contributed by atoms with E-state index < -0.39 is 10.0 Å². The quantitative estimate of drug-likeness (QED) is 0.728. The molecule has 0 aromatic carbocycles. The Morgan fingerprint density at radius 2 is 2.21 bits per heavy atom. The van der Waals surface area contributed by atoms with Crippen LogP contribution in [0.25, 0.3) is 0 Å². The number of hydrogen-bond donors (Lipinski definition) is 1. The summed E-state index contributed by atoms with van der Waals surface area (Å²) in [6, 6.07) is 0. The topological polar surface area (TPSA) is 81.2 Å². The van der Waals surface area contributed by atoms with Crippen LogP contribution in [-0.4, -0.2) is 42.1 Å². The maximum absolute atomic E-state index is 11.4. The fourth-order valence-electron chi connectivity index (χ4n) is 0.903. The molecule has 0 fully saturated rings. The van der Waals surface area contributed by atoms with Gasteiger partial charge in [-0.05, 0) is 0 Å². The van der Waals surface area contributed by atoms with Crippen molar-refractivity contribution in [1.82, 2.24) is 13.9 Å². The van der Waals surface area contributed by atoms with E-state index >= 15 is 0 Å². The van der Waals surface area contributed by atoms with Crippen molar-refractivity contribution in [3.63, 3.8) is 0 Å². The van der Waals surface area contributed by atoms with Crippen LogP contribution in [0.5, 0.6) is 0 Å². The molecule has 0 aliphatic heterocycles. The Labute approximate surface area is 83.4 Å². The molecule has 6 nitrogen and oxygen atoms in total. The number of nitrogens with zero attached hydrogens (tertiary/aromatic N) is 3. The van der Waals surface area contributed by atoms with Crippen LogP contribution < -0.4 is 5.73 Å². The first kappa shape index (κ1) is 11.0. The Morgan fingerprint density at radius 3 is 2.64 bits per heavy atom. The number of aromatic nitrogens is 2. The minimum Gasteiger partial charge on any atom is -0.382 e. The van der Waals surface area contributed by atoms with Crippen molar-refractivity contribution >= 4 is 15.8 Å². The van der Waals surface area contributed by atoms with Crippen molar-refractivity contribution in [2.45, 2.75) is 6.54 Å². The first-order valence-corrected chi connectivity index (χ1v) is 5.70. The number of nitrogens with two attached hydrogens (primary N) is 1. The van der Waals surface area contributed by atoms with Crippen LogP contribution >= 0.6 is 0 Å². The second kappa shape index (κ2) is 3.97. The summed E-state index contributed by atoms with van der Waals surface area (Å²) in [6.45, 7) is 0.366. The molecule has 1 heterocycles. The zero-order valence-electron chi connectivity index (χ0n) is 8.21. The van der Waals surface area contributed by atoms with Gasteiger partial charge < -0.3 is 10.3 Å². The molecule has 0 aliphatic rings. The number of hydrogen-bond acceptors (Lipinski definition) is 4. The van der Waals surface area contributed by atoms with Crippen molar-refractivity contribution in [3.8, 4) is 0 Å². The van der Waals surface area contributed by atoms with Crippen molar-refractivity contribution < 1.29 is 8.42 Å². The van der Waals surface area contributed by atoms with Gasteiger partial charge in [-0.25, -0.2) is 17.7 Å². The molecule has 0 amide bonds. The number of rotatable bonds is 4. The lowest BCUT2D eigenvalue weighted by Gasteiger charge is -2.10. The lowest BCUT2D eigenvalue weighted by molar-refractivity contribution is 0.515. The van der Waals surface area contributed by atoms with Crippen LogP contribution in [0, 0.1) is 0 Å². The average molecular weight is 218 g/mol. The largest absolute Gasteiger partial charge is 0.382 e. The van der Waals surface area contributed by atoms with Crippen LogP contribution in [-0.2, 0) is 16.6 Å². The lowest BCUT2D eigenvalue weighted by atomic mass is 10.7. The summed E-state index contributed by atoms with van der Waals surface area (Å²) in [5.41, 5.74) is 5.39. The third-order valence-corrected chi connectivity index (χ3v) is 3.63. The van der Waals surface area contributed by atoms with Crippen molar-refractivity contribution in [2.24, 2.45) is 0 Å². The maximum atomic E-state index is 11.4. The molecule has 14 heavy (non-hydrogen) atoms. The van der Waals surface area contributed by atoms with E-state index in [2.05, 4.69) is 4.98 Å². The molecule has 0 radical (unpaired) electrons. The molecule has 80 valence electrons. The number of nitrogen functional groups attached to an aromatic ring is 1. The summed E-state index contributed by atoms with van der Waals surface area (Å²) in [5.74, 6) is 0.447. The highest BCUT2D eigenvalue weighted by Gasteiger charge is 2.12. The fraction of sp³-hybridized carbons (Fsp3) is 0.571. The Bertz CT molecular complexity index is 396. The summed E-state index contributed by atoms with van der Waals surface area (Å²) < 4.78 is 25.6. The molecule has 0 atom stereocenters. The van der Waals surface area contributed by atoms with E-state index in [1.54, 1.807) is 10.8 Å². The highest BCUT2D eigenvalue weighted by molar-refractivity contribution is 7.89. The Morgan fingerprint density at radius 1 is 1.57 bits per heavy atom. The number of imidazole rings is 1. The SMILES string of the molecule is CN(C)S(=O)(=O)CCn1cnc(N)c1. The van der Waals surface area contributed by atoms with Gasteiger partial charge in [-0.15, -0.1) is 0 Å². The molecule has 0 spiro atoms. The summed E-state index contributed by atoms with van der Waals surface area (Å²) in [4.78, 5) is 3.79. The molecule has 7 heteroatoms. The monoisotopic (exact) mass is 218 g/mol. The number of sulfonamides is 1. The normalized spacial score (nSPS) is 12.2. The first-order chi connectivity index (χ1) is 6.42. The molecule has 1 aromatic heterocycles. The minimum atomic E-state index is -3.14. The molecule has 1 rings (SSSR count). The number of aryl methyl sites for hydroxylation is 1. The van der Waals surface area contributed by atoms with Crippen LogP contribution in [0.2, 0.25) is 0 Å². The van der Waals surface area contributed by atoms with Gasteiger partial charge >= 0.3 is 0 Å². The zero-order chi connectivity index (χ0) is 10.8. The van der Waals surface area contributed by atoms with Gasteiger partial charge in [-0.2, -0.15) is 0 Å². The highest BCUT2D eigenvalue weighted by Crippen LogP contribution is 2.00. The smallest absolute Gasteiger partial charge is 0.215 e. The van der Waals surface area contributed by atoms with Gasteiger partial charge in [0.25, 0.3) is 0 Å². The lowest BCUT2D eigenvalue weighted by Crippen LogP contribution is -2.27. The zero-order valence-corrected chi connectivity index (χ0v) is 9.03. The van der Waals surface area contributed by atoms with Crippen molar-refractivity contribution in [1.29, 1.82) is 0 Å². The second-order valence-corrected chi connectivity index (χ2v) is 5.44. The van der Waals surface area contributed by atoms with Crippen LogP contribution in [0.15, 0.2) is 12.5 Å². The Hall–Kier alpha value is -1.08. The molecule has 2 N–H and O–H groups in total. The van der Waals surface area contributed by atoms with Gasteiger partial charge in [0.2, 0.25) is 10.0 Å². The van der Waals surface area contributed by atoms with Crippen LogP contribution in [0.1, 0.15) is 0 Å².